The monoisotopic (exact) mass is 305 g/mol. The Morgan fingerprint density at radius 1 is 1.00 bits per heavy atom. The predicted octanol–water partition coefficient (Wildman–Crippen LogP) is 3.01. The molecule has 0 bridgehead atoms. The summed E-state index contributed by atoms with van der Waals surface area (Å²) < 4.78 is 31.6. The Balaban J connectivity index is 2.32. The van der Waals surface area contributed by atoms with Crippen LogP contribution in [0.2, 0.25) is 0 Å². The largest absolute Gasteiger partial charge is 0.295 e. The third-order valence-corrected chi connectivity index (χ3v) is 3.68. The molecule has 0 atom stereocenters. The second kappa shape index (κ2) is 5.86. The van der Waals surface area contributed by atoms with Crippen molar-refractivity contribution in [3.05, 3.63) is 69.8 Å². The van der Waals surface area contributed by atoms with Gasteiger partial charge in [-0.2, -0.15) is 8.42 Å². The first-order valence-corrected chi connectivity index (χ1v) is 7.31. The summed E-state index contributed by atoms with van der Waals surface area (Å²) >= 11 is 0. The first-order valence-electron chi connectivity index (χ1n) is 5.87. The van der Waals surface area contributed by atoms with Crippen LogP contribution in [0.4, 0.5) is 5.69 Å². The molecule has 108 valence electrons. The van der Waals surface area contributed by atoms with Crippen molar-refractivity contribution in [3.63, 3.8) is 0 Å². The lowest BCUT2D eigenvalue weighted by Gasteiger charge is -2.01. The average Bonchev–Trinajstić information content (AvgIpc) is 2.45. The summed E-state index contributed by atoms with van der Waals surface area (Å²) in [6.45, 7) is 0. The molecular formula is C14H11NO5S. The van der Waals surface area contributed by atoms with Gasteiger partial charge in [-0.3, -0.25) is 14.7 Å². The Morgan fingerprint density at radius 3 is 2.19 bits per heavy atom. The minimum Gasteiger partial charge on any atom is -0.282 e. The second-order valence-corrected chi connectivity index (χ2v) is 5.58. The predicted molar refractivity (Wildman–Crippen MR) is 78.3 cm³/mol. The van der Waals surface area contributed by atoms with E-state index in [0.717, 1.165) is 0 Å². The Morgan fingerprint density at radius 2 is 1.62 bits per heavy atom. The molecule has 1 N–H and O–H groups in total. The maximum atomic E-state index is 11.2. The van der Waals surface area contributed by atoms with Crippen LogP contribution in [0.15, 0.2) is 53.4 Å². The standard InChI is InChI=1S/C14H11NO5S/c16-15(17)13-9-6-11(7-10-13)5-8-12-3-1-2-4-14(12)21(18,19)20/h1-10H,(H,18,19,20). The Bertz CT molecular complexity index is 794. The van der Waals surface area contributed by atoms with Crippen LogP contribution in [-0.4, -0.2) is 17.9 Å². The Hall–Kier alpha value is -2.51. The summed E-state index contributed by atoms with van der Waals surface area (Å²) in [6.07, 6.45) is 3.12. The fourth-order valence-corrected chi connectivity index (χ4v) is 2.43. The fourth-order valence-electron chi connectivity index (χ4n) is 1.75. The van der Waals surface area contributed by atoms with Gasteiger partial charge >= 0.3 is 0 Å². The number of nitrogens with zero attached hydrogens (tertiary/aromatic N) is 1. The first-order chi connectivity index (χ1) is 9.88. The highest BCUT2D eigenvalue weighted by Gasteiger charge is 2.12. The molecule has 6 nitrogen and oxygen atoms in total. The lowest BCUT2D eigenvalue weighted by atomic mass is 10.1. The van der Waals surface area contributed by atoms with Crippen LogP contribution in [0.3, 0.4) is 0 Å². The van der Waals surface area contributed by atoms with E-state index >= 15 is 0 Å². The maximum Gasteiger partial charge on any atom is 0.295 e. The molecule has 0 saturated carbocycles. The molecule has 0 aliphatic heterocycles. The van der Waals surface area contributed by atoms with E-state index in [1.165, 1.54) is 30.3 Å². The second-order valence-electron chi connectivity index (χ2n) is 4.19. The number of hydrogen-bond donors (Lipinski definition) is 1. The summed E-state index contributed by atoms with van der Waals surface area (Å²) in [4.78, 5) is 9.85. The summed E-state index contributed by atoms with van der Waals surface area (Å²) in [7, 11) is -4.30. The van der Waals surface area contributed by atoms with E-state index in [1.54, 1.807) is 30.3 Å². The molecule has 2 aromatic rings. The minimum absolute atomic E-state index is 0.0227. The molecule has 0 aliphatic carbocycles. The molecular weight excluding hydrogens is 294 g/mol. The van der Waals surface area contributed by atoms with Crippen LogP contribution in [0.25, 0.3) is 12.2 Å². The normalized spacial score (nSPS) is 11.7. The molecule has 0 amide bonds. The van der Waals surface area contributed by atoms with Gasteiger partial charge in [-0.15, -0.1) is 0 Å². The molecule has 0 fully saturated rings. The molecule has 7 heteroatoms. The van der Waals surface area contributed by atoms with Gasteiger partial charge < -0.3 is 0 Å². The van der Waals surface area contributed by atoms with Crippen LogP contribution in [0, 0.1) is 10.1 Å². The Kier molecular flexibility index (Phi) is 4.15. The molecule has 0 aromatic heterocycles. The number of nitro groups is 1. The van der Waals surface area contributed by atoms with Gasteiger partial charge in [-0.1, -0.05) is 30.4 Å². The SMILES string of the molecule is O=[N+]([O-])c1ccc(C=Cc2ccccc2S(=O)(=O)O)cc1. The minimum atomic E-state index is -4.30. The highest BCUT2D eigenvalue weighted by molar-refractivity contribution is 7.85. The number of rotatable bonds is 4. The molecule has 0 heterocycles. The van der Waals surface area contributed by atoms with E-state index in [9.17, 15) is 18.5 Å². The van der Waals surface area contributed by atoms with Crippen LogP contribution in [-0.2, 0) is 10.1 Å². The lowest BCUT2D eigenvalue weighted by molar-refractivity contribution is -0.384. The van der Waals surface area contributed by atoms with E-state index in [0.29, 0.717) is 11.1 Å². The van der Waals surface area contributed by atoms with Crippen LogP contribution >= 0.6 is 0 Å². The number of nitro benzene ring substituents is 1. The van der Waals surface area contributed by atoms with Gasteiger partial charge in [0.15, 0.2) is 0 Å². The quantitative estimate of drug-likeness (QED) is 0.405. The van der Waals surface area contributed by atoms with Gasteiger partial charge in [0, 0.05) is 12.1 Å². The molecule has 2 aromatic carbocycles. The van der Waals surface area contributed by atoms with E-state index < -0.39 is 15.0 Å². The third-order valence-electron chi connectivity index (χ3n) is 2.76. The van der Waals surface area contributed by atoms with Crippen LogP contribution in [0.1, 0.15) is 11.1 Å². The first kappa shape index (κ1) is 14.9. The van der Waals surface area contributed by atoms with Crippen molar-refractivity contribution in [2.45, 2.75) is 4.90 Å². The summed E-state index contributed by atoms with van der Waals surface area (Å²) in [5, 5.41) is 10.5. The summed E-state index contributed by atoms with van der Waals surface area (Å²) in [5.41, 5.74) is 0.981. The van der Waals surface area contributed by atoms with Crippen LogP contribution < -0.4 is 0 Å². The molecule has 21 heavy (non-hydrogen) atoms. The lowest BCUT2D eigenvalue weighted by Crippen LogP contribution is -2.00. The van der Waals surface area contributed by atoms with Gasteiger partial charge in [0.05, 0.1) is 4.92 Å². The molecule has 0 saturated heterocycles. The highest BCUT2D eigenvalue weighted by Crippen LogP contribution is 2.19. The fraction of sp³-hybridized carbons (Fsp3) is 0. The van der Waals surface area contributed by atoms with Gasteiger partial charge in [-0.25, -0.2) is 0 Å². The molecule has 0 radical (unpaired) electrons. The average molecular weight is 305 g/mol. The zero-order valence-corrected chi connectivity index (χ0v) is 11.5. The van der Waals surface area contributed by atoms with Crippen molar-refractivity contribution in [1.29, 1.82) is 0 Å². The van der Waals surface area contributed by atoms with E-state index in [4.69, 9.17) is 4.55 Å². The highest BCUT2D eigenvalue weighted by atomic mass is 32.2. The molecule has 0 spiro atoms. The van der Waals surface area contributed by atoms with Crippen molar-refractivity contribution in [2.24, 2.45) is 0 Å². The summed E-state index contributed by atoms with van der Waals surface area (Å²) in [6, 6.07) is 11.8. The van der Waals surface area contributed by atoms with Crippen molar-refractivity contribution in [2.75, 3.05) is 0 Å². The Labute approximate surface area is 121 Å². The zero-order valence-electron chi connectivity index (χ0n) is 10.7. The molecule has 0 unspecified atom stereocenters. The zero-order chi connectivity index (χ0) is 15.5. The van der Waals surface area contributed by atoms with E-state index in [1.807, 2.05) is 0 Å². The van der Waals surface area contributed by atoms with E-state index in [-0.39, 0.29) is 10.6 Å². The number of non-ortho nitro benzene ring substituents is 1. The van der Waals surface area contributed by atoms with E-state index in [2.05, 4.69) is 0 Å². The molecule has 0 aliphatic rings. The number of hydrogen-bond acceptors (Lipinski definition) is 4. The van der Waals surface area contributed by atoms with Crippen LogP contribution in [0.5, 0.6) is 0 Å². The van der Waals surface area contributed by atoms with Crippen molar-refractivity contribution < 1.29 is 17.9 Å². The van der Waals surface area contributed by atoms with Crippen molar-refractivity contribution in [1.82, 2.24) is 0 Å². The van der Waals surface area contributed by atoms with Crippen molar-refractivity contribution >= 4 is 28.0 Å². The summed E-state index contributed by atoms with van der Waals surface area (Å²) in [5.74, 6) is 0. The third kappa shape index (κ3) is 3.74. The van der Waals surface area contributed by atoms with Gasteiger partial charge in [-0.05, 0) is 29.3 Å². The number of benzene rings is 2. The topological polar surface area (TPSA) is 97.5 Å². The molecule has 2 rings (SSSR count). The van der Waals surface area contributed by atoms with Gasteiger partial charge in [0.1, 0.15) is 4.90 Å². The smallest absolute Gasteiger partial charge is 0.282 e. The van der Waals surface area contributed by atoms with Gasteiger partial charge in [0.25, 0.3) is 15.8 Å². The van der Waals surface area contributed by atoms with Crippen molar-refractivity contribution in [3.8, 4) is 0 Å². The van der Waals surface area contributed by atoms with Gasteiger partial charge in [0.2, 0.25) is 0 Å². The maximum absolute atomic E-state index is 11.2.